The molecule has 5 nitrogen and oxygen atoms in total. The van der Waals surface area contributed by atoms with Gasteiger partial charge >= 0.3 is 0 Å². The third-order valence-corrected chi connectivity index (χ3v) is 5.44. The normalized spacial score (nSPS) is 16.0. The van der Waals surface area contributed by atoms with E-state index >= 15 is 0 Å². The molecule has 1 saturated heterocycles. The molecule has 0 spiro atoms. The summed E-state index contributed by atoms with van der Waals surface area (Å²) >= 11 is 0. The second kappa shape index (κ2) is 8.49. The highest BCUT2D eigenvalue weighted by Crippen LogP contribution is 2.19. The quantitative estimate of drug-likeness (QED) is 0.832. The molecule has 0 aliphatic carbocycles. The SMILES string of the molecule is Cc1nn(C)c(C)c1CCC(=O)NC(CN1CCCC1)c1ccccc1. The molecule has 140 valence electrons. The summed E-state index contributed by atoms with van der Waals surface area (Å²) < 4.78 is 1.89. The van der Waals surface area contributed by atoms with Crippen molar-refractivity contribution in [2.45, 2.75) is 45.6 Å². The van der Waals surface area contributed by atoms with Crippen molar-refractivity contribution in [3.05, 3.63) is 52.8 Å². The van der Waals surface area contributed by atoms with Crippen molar-refractivity contribution < 1.29 is 4.79 Å². The third-order valence-electron chi connectivity index (χ3n) is 5.44. The summed E-state index contributed by atoms with van der Waals surface area (Å²) in [5, 5.41) is 7.71. The Morgan fingerprint density at radius 1 is 1.19 bits per heavy atom. The monoisotopic (exact) mass is 354 g/mol. The van der Waals surface area contributed by atoms with E-state index in [4.69, 9.17) is 0 Å². The first-order valence-corrected chi connectivity index (χ1v) is 9.60. The molecular weight excluding hydrogens is 324 g/mol. The van der Waals surface area contributed by atoms with Gasteiger partial charge in [0.2, 0.25) is 5.91 Å². The van der Waals surface area contributed by atoms with E-state index in [0.717, 1.165) is 37.4 Å². The molecule has 2 heterocycles. The van der Waals surface area contributed by atoms with Crippen LogP contribution in [0.1, 0.15) is 47.8 Å². The van der Waals surface area contributed by atoms with Gasteiger partial charge in [-0.25, -0.2) is 0 Å². The number of likely N-dealkylation sites (tertiary alicyclic amines) is 1. The molecule has 3 rings (SSSR count). The van der Waals surface area contributed by atoms with E-state index in [1.807, 2.05) is 36.9 Å². The Kier molecular flexibility index (Phi) is 6.09. The highest BCUT2D eigenvalue weighted by Gasteiger charge is 2.21. The fourth-order valence-electron chi connectivity index (χ4n) is 3.83. The number of hydrogen-bond acceptors (Lipinski definition) is 3. The number of nitrogens with zero attached hydrogens (tertiary/aromatic N) is 3. The molecule has 2 aromatic rings. The number of benzene rings is 1. The lowest BCUT2D eigenvalue weighted by atomic mass is 10.0. The van der Waals surface area contributed by atoms with Crippen molar-refractivity contribution in [1.29, 1.82) is 0 Å². The van der Waals surface area contributed by atoms with Gasteiger partial charge in [-0.3, -0.25) is 9.48 Å². The first kappa shape index (κ1) is 18.6. The molecule has 1 aromatic heterocycles. The number of carbonyl (C=O) groups excluding carboxylic acids is 1. The highest BCUT2D eigenvalue weighted by atomic mass is 16.1. The Hall–Kier alpha value is -2.14. The van der Waals surface area contributed by atoms with Crippen molar-refractivity contribution in [3.8, 4) is 0 Å². The summed E-state index contributed by atoms with van der Waals surface area (Å²) in [6.45, 7) is 7.23. The summed E-state index contributed by atoms with van der Waals surface area (Å²) in [6, 6.07) is 10.4. The van der Waals surface area contributed by atoms with Gasteiger partial charge in [0.25, 0.3) is 0 Å². The van der Waals surface area contributed by atoms with Gasteiger partial charge in [-0.2, -0.15) is 5.10 Å². The molecule has 26 heavy (non-hydrogen) atoms. The molecule has 1 amide bonds. The zero-order valence-electron chi connectivity index (χ0n) is 16.2. The summed E-state index contributed by atoms with van der Waals surface area (Å²) in [5.41, 5.74) is 4.54. The standard InChI is InChI=1S/C21H30N4O/c1-16-19(17(2)24(3)23-16)11-12-21(26)22-20(15-25-13-7-8-14-25)18-9-5-4-6-10-18/h4-6,9-10,20H,7-8,11-15H2,1-3H3,(H,22,26). The average molecular weight is 354 g/mol. The van der Waals surface area contributed by atoms with E-state index in [9.17, 15) is 4.79 Å². The second-order valence-electron chi connectivity index (χ2n) is 7.31. The maximum absolute atomic E-state index is 12.6. The summed E-state index contributed by atoms with van der Waals surface area (Å²) in [5.74, 6) is 0.112. The van der Waals surface area contributed by atoms with Crippen LogP contribution in [-0.2, 0) is 18.3 Å². The van der Waals surface area contributed by atoms with Gasteiger partial charge in [-0.1, -0.05) is 30.3 Å². The molecule has 1 aliphatic heterocycles. The first-order valence-electron chi connectivity index (χ1n) is 9.60. The van der Waals surface area contributed by atoms with E-state index < -0.39 is 0 Å². The molecule has 0 bridgehead atoms. The minimum atomic E-state index is 0.0536. The van der Waals surface area contributed by atoms with Crippen LogP contribution in [0.25, 0.3) is 0 Å². The first-order chi connectivity index (χ1) is 12.5. The Balaban J connectivity index is 1.63. The second-order valence-corrected chi connectivity index (χ2v) is 7.31. The van der Waals surface area contributed by atoms with E-state index in [1.165, 1.54) is 24.0 Å². The minimum absolute atomic E-state index is 0.0536. The number of hydrogen-bond donors (Lipinski definition) is 1. The fraction of sp³-hybridized carbons (Fsp3) is 0.524. The van der Waals surface area contributed by atoms with Gasteiger partial charge in [0.15, 0.2) is 0 Å². The summed E-state index contributed by atoms with van der Waals surface area (Å²) in [6.07, 6.45) is 3.75. The van der Waals surface area contributed by atoms with Crippen LogP contribution < -0.4 is 5.32 Å². The maximum Gasteiger partial charge on any atom is 0.220 e. The van der Waals surface area contributed by atoms with Crippen molar-refractivity contribution in [2.24, 2.45) is 7.05 Å². The molecule has 1 N–H and O–H groups in total. The third kappa shape index (κ3) is 4.52. The molecular formula is C21H30N4O. The van der Waals surface area contributed by atoms with Crippen LogP contribution >= 0.6 is 0 Å². The number of aromatic nitrogens is 2. The van der Waals surface area contributed by atoms with Gasteiger partial charge in [0.05, 0.1) is 11.7 Å². The predicted octanol–water partition coefficient (Wildman–Crippen LogP) is 2.92. The lowest BCUT2D eigenvalue weighted by molar-refractivity contribution is -0.121. The van der Waals surface area contributed by atoms with Gasteiger partial charge in [0.1, 0.15) is 0 Å². The van der Waals surface area contributed by atoms with E-state index in [2.05, 4.69) is 34.4 Å². The Morgan fingerprint density at radius 2 is 1.88 bits per heavy atom. The number of carbonyl (C=O) groups is 1. The lowest BCUT2D eigenvalue weighted by Crippen LogP contribution is -2.37. The zero-order chi connectivity index (χ0) is 18.5. The van der Waals surface area contributed by atoms with Crippen LogP contribution in [0.15, 0.2) is 30.3 Å². The van der Waals surface area contributed by atoms with Crippen molar-refractivity contribution in [3.63, 3.8) is 0 Å². The van der Waals surface area contributed by atoms with Gasteiger partial charge in [-0.15, -0.1) is 0 Å². The minimum Gasteiger partial charge on any atom is -0.348 e. The average Bonchev–Trinajstić information content (AvgIpc) is 3.22. The van der Waals surface area contributed by atoms with E-state index in [0.29, 0.717) is 6.42 Å². The lowest BCUT2D eigenvalue weighted by Gasteiger charge is -2.25. The Labute approximate surface area is 156 Å². The zero-order valence-corrected chi connectivity index (χ0v) is 16.2. The topological polar surface area (TPSA) is 50.2 Å². The van der Waals surface area contributed by atoms with Crippen LogP contribution in [-0.4, -0.2) is 40.2 Å². The Morgan fingerprint density at radius 3 is 2.50 bits per heavy atom. The molecule has 0 radical (unpaired) electrons. The summed E-state index contributed by atoms with van der Waals surface area (Å²) in [4.78, 5) is 15.1. The van der Waals surface area contributed by atoms with Gasteiger partial charge in [-0.05, 0) is 57.3 Å². The molecule has 1 aliphatic rings. The summed E-state index contributed by atoms with van der Waals surface area (Å²) in [7, 11) is 1.95. The molecule has 5 heteroatoms. The van der Waals surface area contributed by atoms with Crippen molar-refractivity contribution in [1.82, 2.24) is 20.0 Å². The molecule has 1 aromatic carbocycles. The largest absolute Gasteiger partial charge is 0.348 e. The fourth-order valence-corrected chi connectivity index (χ4v) is 3.83. The predicted molar refractivity (Wildman–Crippen MR) is 104 cm³/mol. The number of rotatable bonds is 7. The smallest absolute Gasteiger partial charge is 0.220 e. The van der Waals surface area contributed by atoms with E-state index in [-0.39, 0.29) is 11.9 Å². The number of amides is 1. The number of aryl methyl sites for hydroxylation is 2. The van der Waals surface area contributed by atoms with Crippen LogP contribution in [0, 0.1) is 13.8 Å². The van der Waals surface area contributed by atoms with Crippen LogP contribution in [0.5, 0.6) is 0 Å². The van der Waals surface area contributed by atoms with Gasteiger partial charge in [0, 0.05) is 25.7 Å². The number of nitrogens with one attached hydrogen (secondary N) is 1. The highest BCUT2D eigenvalue weighted by molar-refractivity contribution is 5.76. The van der Waals surface area contributed by atoms with Crippen LogP contribution in [0.4, 0.5) is 0 Å². The molecule has 1 atom stereocenters. The molecule has 0 saturated carbocycles. The van der Waals surface area contributed by atoms with Crippen molar-refractivity contribution >= 4 is 5.91 Å². The van der Waals surface area contributed by atoms with E-state index in [1.54, 1.807) is 0 Å². The van der Waals surface area contributed by atoms with Crippen LogP contribution in [0.2, 0.25) is 0 Å². The maximum atomic E-state index is 12.6. The Bertz CT molecular complexity index is 732. The van der Waals surface area contributed by atoms with Crippen LogP contribution in [0.3, 0.4) is 0 Å². The van der Waals surface area contributed by atoms with Gasteiger partial charge < -0.3 is 10.2 Å². The van der Waals surface area contributed by atoms with Crippen molar-refractivity contribution in [2.75, 3.05) is 19.6 Å². The molecule has 1 fully saturated rings. The molecule has 1 unspecified atom stereocenters.